The Morgan fingerprint density at radius 1 is 1.00 bits per heavy atom. The molecule has 0 saturated carbocycles. The van der Waals surface area contributed by atoms with Gasteiger partial charge in [0, 0.05) is 47.5 Å². The van der Waals surface area contributed by atoms with Crippen LogP contribution in [0.1, 0.15) is 25.7 Å². The number of hydrogen-bond donors (Lipinski definition) is 1. The smallest absolute Gasteiger partial charge is 0.253 e. The molecule has 2 aliphatic heterocycles. The molecule has 4 nitrogen and oxygen atoms in total. The molecule has 1 aromatic carbocycles. The number of anilines is 1. The van der Waals surface area contributed by atoms with Crippen molar-refractivity contribution in [2.24, 2.45) is 5.41 Å². The summed E-state index contributed by atoms with van der Waals surface area (Å²) < 4.78 is 12.4. The Morgan fingerprint density at radius 3 is 2.14 bits per heavy atom. The highest BCUT2D eigenvalue weighted by atomic mass is 19.1. The molecule has 3 rings (SSSR count). The van der Waals surface area contributed by atoms with Crippen molar-refractivity contribution in [2.45, 2.75) is 25.7 Å². The van der Waals surface area contributed by atoms with Crippen molar-refractivity contribution in [3.8, 4) is 0 Å². The summed E-state index contributed by atoms with van der Waals surface area (Å²) in [7, 11) is 0. The minimum Gasteiger partial charge on any atom is -0.371 e. The predicted octanol–water partition coefficient (Wildman–Crippen LogP) is 1.82. The van der Waals surface area contributed by atoms with Crippen molar-refractivity contribution in [2.75, 3.05) is 44.3 Å². The summed E-state index contributed by atoms with van der Waals surface area (Å²) in [6.45, 7) is 4.62. The van der Waals surface area contributed by atoms with Gasteiger partial charge in [-0.3, -0.25) is 0 Å². The molecule has 22 heavy (non-hydrogen) atoms. The third-order valence-corrected chi connectivity index (χ3v) is 5.49. The first kappa shape index (κ1) is 15.4. The highest BCUT2D eigenvalue weighted by Crippen LogP contribution is 2.42. The number of piperidine rings is 2. The van der Waals surface area contributed by atoms with Gasteiger partial charge < -0.3 is 9.80 Å². The van der Waals surface area contributed by atoms with Gasteiger partial charge in [-0.15, -0.1) is 0 Å². The van der Waals surface area contributed by atoms with E-state index >= 15 is 0 Å². The van der Waals surface area contributed by atoms with Gasteiger partial charge in [0.25, 0.3) is 5.69 Å². The number of halogens is 1. The Labute approximate surface area is 131 Å². The lowest BCUT2D eigenvalue weighted by Crippen LogP contribution is -2.55. The van der Waals surface area contributed by atoms with Gasteiger partial charge in [-0.1, -0.05) is 0 Å². The van der Waals surface area contributed by atoms with E-state index < -0.39 is 0 Å². The monoisotopic (exact) mass is 306 g/mol. The van der Waals surface area contributed by atoms with Gasteiger partial charge >= 0.3 is 0 Å². The Hall–Kier alpha value is -1.49. The zero-order valence-corrected chi connectivity index (χ0v) is 13.1. The molecule has 5 heteroatoms. The molecule has 0 unspecified atom stereocenters. The highest BCUT2D eigenvalue weighted by molar-refractivity contribution is 5.50. The topological polar surface area (TPSA) is 37.5 Å². The van der Waals surface area contributed by atoms with E-state index in [-0.39, 0.29) is 6.67 Å². The molecule has 2 fully saturated rings. The largest absolute Gasteiger partial charge is 0.371 e. The average Bonchev–Trinajstić information content (AvgIpc) is 2.58. The van der Waals surface area contributed by atoms with E-state index in [1.165, 1.54) is 31.4 Å². The van der Waals surface area contributed by atoms with Crippen molar-refractivity contribution >= 4 is 11.4 Å². The normalized spacial score (nSPS) is 22.0. The molecular weight excluding hydrogens is 281 g/mol. The molecule has 0 radical (unpaired) electrons. The lowest BCUT2D eigenvalue weighted by molar-refractivity contribution is -0.379. The summed E-state index contributed by atoms with van der Waals surface area (Å²) in [5.41, 5.74) is 2.28. The van der Waals surface area contributed by atoms with Gasteiger partial charge in [0.1, 0.15) is 6.67 Å². The number of hydrogen-bond acceptors (Lipinski definition) is 3. The Bertz CT molecular complexity index is 487. The number of likely N-dealkylation sites (tertiary alicyclic amines) is 1. The number of alkyl halides is 1. The number of benzene rings is 1. The summed E-state index contributed by atoms with van der Waals surface area (Å²) in [4.78, 5) is 15.3. The molecule has 2 heterocycles. The highest BCUT2D eigenvalue weighted by Gasteiger charge is 2.37. The van der Waals surface area contributed by atoms with Crippen LogP contribution in [0.2, 0.25) is 0 Å². The maximum absolute atomic E-state index is 12.4. The van der Waals surface area contributed by atoms with Crippen LogP contribution in [0.5, 0.6) is 0 Å². The van der Waals surface area contributed by atoms with Crippen LogP contribution in [-0.4, -0.2) is 44.3 Å². The van der Waals surface area contributed by atoms with Gasteiger partial charge in [-0.05, 0) is 56.3 Å². The van der Waals surface area contributed by atoms with E-state index in [9.17, 15) is 9.30 Å². The molecule has 0 atom stereocenters. The zero-order valence-electron chi connectivity index (χ0n) is 13.1. The van der Waals surface area contributed by atoms with Crippen LogP contribution in [0.15, 0.2) is 24.3 Å². The minimum atomic E-state index is -0.227. The Balaban J connectivity index is 1.55. The molecule has 1 spiro atoms. The van der Waals surface area contributed by atoms with Crippen molar-refractivity contribution in [3.63, 3.8) is 0 Å². The second-order valence-electron chi connectivity index (χ2n) is 6.67. The first-order valence-corrected chi connectivity index (χ1v) is 8.26. The first-order chi connectivity index (χ1) is 10.7. The van der Waals surface area contributed by atoms with Crippen LogP contribution in [0.4, 0.5) is 15.8 Å². The van der Waals surface area contributed by atoms with E-state index in [1.54, 1.807) is 0 Å². The van der Waals surface area contributed by atoms with Crippen molar-refractivity contribution in [3.05, 3.63) is 29.2 Å². The third kappa shape index (κ3) is 3.29. The van der Waals surface area contributed by atoms with E-state index in [0.717, 1.165) is 26.2 Å². The average molecular weight is 306 g/mol. The predicted molar refractivity (Wildman–Crippen MR) is 86.0 cm³/mol. The van der Waals surface area contributed by atoms with Gasteiger partial charge in [0.15, 0.2) is 0 Å². The number of nitrogens with zero attached hydrogens (tertiary/aromatic N) is 2. The van der Waals surface area contributed by atoms with E-state index in [4.69, 9.17) is 0 Å². The molecule has 0 aromatic heterocycles. The molecule has 2 saturated heterocycles. The number of nitrogens with one attached hydrogen (secondary N) is 1. The van der Waals surface area contributed by atoms with Gasteiger partial charge in [-0.2, -0.15) is 0 Å². The summed E-state index contributed by atoms with van der Waals surface area (Å²) in [6, 6.07) is 7.70. The first-order valence-electron chi connectivity index (χ1n) is 8.26. The van der Waals surface area contributed by atoms with Crippen molar-refractivity contribution in [1.29, 1.82) is 0 Å². The molecule has 0 aliphatic carbocycles. The number of rotatable bonds is 4. The van der Waals surface area contributed by atoms with Gasteiger partial charge in [0.2, 0.25) is 0 Å². The van der Waals surface area contributed by atoms with E-state index in [1.807, 2.05) is 29.4 Å². The van der Waals surface area contributed by atoms with Crippen LogP contribution >= 0.6 is 0 Å². The summed E-state index contributed by atoms with van der Waals surface area (Å²) in [6.07, 6.45) is 4.86. The lowest BCUT2D eigenvalue weighted by Gasteiger charge is -2.47. The second-order valence-corrected chi connectivity index (χ2v) is 6.67. The standard InChI is InChI=1S/C17H24FN3O/c18-9-14-20-10-5-17(6-11-20)7-12-21(13-8-17)16-3-1-15(19-22)2-4-16/h1-4H,5-14H2/p+1. The van der Waals surface area contributed by atoms with Crippen LogP contribution in [0.25, 0.3) is 0 Å². The van der Waals surface area contributed by atoms with Crippen molar-refractivity contribution in [1.82, 2.24) is 4.90 Å². The maximum atomic E-state index is 12.4. The fourth-order valence-electron chi connectivity index (χ4n) is 3.85. The Kier molecular flexibility index (Phi) is 4.71. The SMILES string of the molecule is O=[NH+]c1ccc(N2CCC3(CCN(CCF)CC3)CC2)cc1. The fourth-order valence-corrected chi connectivity index (χ4v) is 3.85. The summed E-state index contributed by atoms with van der Waals surface area (Å²) in [5.74, 6) is 0. The molecule has 0 amide bonds. The van der Waals surface area contributed by atoms with Crippen LogP contribution in [0, 0.1) is 10.3 Å². The van der Waals surface area contributed by atoms with Gasteiger partial charge in [0.05, 0.1) is 0 Å². The van der Waals surface area contributed by atoms with Crippen molar-refractivity contribution < 1.29 is 9.57 Å². The lowest BCUT2D eigenvalue weighted by atomic mass is 9.71. The quantitative estimate of drug-likeness (QED) is 0.922. The van der Waals surface area contributed by atoms with E-state index in [2.05, 4.69) is 9.80 Å². The van der Waals surface area contributed by atoms with Gasteiger partial charge in [-0.25, -0.2) is 4.39 Å². The van der Waals surface area contributed by atoms with E-state index in [0.29, 0.717) is 17.6 Å². The molecule has 1 N–H and O–H groups in total. The molecule has 0 bridgehead atoms. The fraction of sp³-hybridized carbons (Fsp3) is 0.647. The summed E-state index contributed by atoms with van der Waals surface area (Å²) in [5, 5.41) is 1.92. The van der Waals surface area contributed by atoms with Crippen LogP contribution in [-0.2, 0) is 0 Å². The van der Waals surface area contributed by atoms with Crippen LogP contribution in [0.3, 0.4) is 0 Å². The maximum Gasteiger partial charge on any atom is 0.253 e. The number of nitroso groups, excluding NO2 is 1. The molecule has 120 valence electrons. The zero-order chi connectivity index (χ0) is 15.4. The molecule has 2 aliphatic rings. The molecular formula is C17H25FN3O+. The molecule has 1 aromatic rings. The minimum absolute atomic E-state index is 0.227. The third-order valence-electron chi connectivity index (χ3n) is 5.49. The summed E-state index contributed by atoms with van der Waals surface area (Å²) >= 11 is 0. The Morgan fingerprint density at radius 2 is 1.59 bits per heavy atom. The second kappa shape index (κ2) is 6.73. The van der Waals surface area contributed by atoms with Crippen LogP contribution < -0.4 is 10.1 Å².